The molecule has 2 aromatic carbocycles. The van der Waals surface area contributed by atoms with Gasteiger partial charge in [-0.3, -0.25) is 9.59 Å². The Morgan fingerprint density at radius 3 is 1.93 bits per heavy atom. The van der Waals surface area contributed by atoms with E-state index in [1.165, 1.54) is 17.0 Å². The number of carbonyl (C=O) groups excluding carboxylic acids is 4. The second-order valence-electron chi connectivity index (χ2n) is 14.2. The minimum absolute atomic E-state index is 0.00191. The van der Waals surface area contributed by atoms with E-state index in [4.69, 9.17) is 9.47 Å². The van der Waals surface area contributed by atoms with E-state index in [0.717, 1.165) is 5.56 Å². The van der Waals surface area contributed by atoms with Crippen LogP contribution in [-0.2, 0) is 30.3 Å². The summed E-state index contributed by atoms with van der Waals surface area (Å²) in [6.07, 6.45) is 0.0911. The lowest BCUT2D eigenvalue weighted by Crippen LogP contribution is -2.57. The number of nitrogens with one attached hydrogen (secondary N) is 2. The van der Waals surface area contributed by atoms with Crippen molar-refractivity contribution in [1.29, 1.82) is 0 Å². The SMILES string of the molecule is CC(C)C(NC(=O)OC(C)(C)C)C(=O)N(C(C(=O)NC(Cc1ccccc1)C(=O)OC(C)(C)C)c1ccc(O)cc1)C1CC1C. The number of aromatic hydroxyl groups is 1. The van der Waals surface area contributed by atoms with Crippen LogP contribution in [-0.4, -0.2) is 63.2 Å². The molecule has 3 amide bonds. The molecule has 5 unspecified atom stereocenters. The van der Waals surface area contributed by atoms with Crippen LogP contribution < -0.4 is 10.6 Å². The molecule has 1 saturated carbocycles. The van der Waals surface area contributed by atoms with E-state index in [1.807, 2.05) is 51.1 Å². The molecule has 10 nitrogen and oxygen atoms in total. The predicted molar refractivity (Wildman–Crippen MR) is 171 cm³/mol. The molecule has 45 heavy (non-hydrogen) atoms. The summed E-state index contributed by atoms with van der Waals surface area (Å²) in [5.41, 5.74) is -0.306. The van der Waals surface area contributed by atoms with Gasteiger partial charge in [-0.2, -0.15) is 0 Å². The van der Waals surface area contributed by atoms with Crippen LogP contribution in [0.1, 0.15) is 85.9 Å². The van der Waals surface area contributed by atoms with Gasteiger partial charge in [0.15, 0.2) is 0 Å². The largest absolute Gasteiger partial charge is 0.508 e. The smallest absolute Gasteiger partial charge is 0.408 e. The van der Waals surface area contributed by atoms with Gasteiger partial charge in [0.05, 0.1) is 0 Å². The summed E-state index contributed by atoms with van der Waals surface area (Å²) in [6.45, 7) is 16.1. The minimum Gasteiger partial charge on any atom is -0.508 e. The van der Waals surface area contributed by atoms with Crippen LogP contribution in [0, 0.1) is 11.8 Å². The number of alkyl carbamates (subject to hydrolysis) is 1. The number of phenolic OH excluding ortho intramolecular Hbond substituents is 1. The molecule has 3 N–H and O–H groups in total. The van der Waals surface area contributed by atoms with Crippen molar-refractivity contribution in [3.05, 3.63) is 65.7 Å². The number of phenols is 1. The highest BCUT2D eigenvalue weighted by Gasteiger charge is 2.49. The summed E-state index contributed by atoms with van der Waals surface area (Å²) < 4.78 is 11.1. The average molecular weight is 624 g/mol. The first-order valence-corrected chi connectivity index (χ1v) is 15.5. The number of hydrogen-bond donors (Lipinski definition) is 3. The minimum atomic E-state index is -1.17. The van der Waals surface area contributed by atoms with E-state index in [0.29, 0.717) is 12.0 Å². The first-order chi connectivity index (χ1) is 20.9. The Labute approximate surface area is 266 Å². The maximum Gasteiger partial charge on any atom is 0.408 e. The molecule has 1 aliphatic carbocycles. The van der Waals surface area contributed by atoms with Gasteiger partial charge < -0.3 is 30.1 Å². The number of ether oxygens (including phenoxy) is 2. The van der Waals surface area contributed by atoms with Crippen LogP contribution in [0.5, 0.6) is 5.75 Å². The molecule has 0 aliphatic heterocycles. The van der Waals surface area contributed by atoms with Crippen molar-refractivity contribution in [3.63, 3.8) is 0 Å². The van der Waals surface area contributed by atoms with Gasteiger partial charge >= 0.3 is 12.1 Å². The summed E-state index contributed by atoms with van der Waals surface area (Å²) in [5.74, 6) is -1.87. The lowest BCUT2D eigenvalue weighted by Gasteiger charge is -2.36. The van der Waals surface area contributed by atoms with Crippen LogP contribution in [0.15, 0.2) is 54.6 Å². The Morgan fingerprint density at radius 1 is 0.889 bits per heavy atom. The fourth-order valence-corrected chi connectivity index (χ4v) is 5.04. The van der Waals surface area contributed by atoms with Crippen LogP contribution in [0.4, 0.5) is 4.79 Å². The average Bonchev–Trinajstić information content (AvgIpc) is 3.64. The number of nitrogens with zero attached hydrogens (tertiary/aromatic N) is 1. The van der Waals surface area contributed by atoms with Gasteiger partial charge in [-0.05, 0) is 83.1 Å². The van der Waals surface area contributed by atoms with E-state index in [1.54, 1.807) is 53.7 Å². The van der Waals surface area contributed by atoms with Gasteiger partial charge in [-0.15, -0.1) is 0 Å². The van der Waals surface area contributed by atoms with E-state index in [9.17, 15) is 24.3 Å². The first kappa shape index (κ1) is 35.4. The van der Waals surface area contributed by atoms with E-state index < -0.39 is 53.2 Å². The fourth-order valence-electron chi connectivity index (χ4n) is 5.04. The zero-order valence-corrected chi connectivity index (χ0v) is 27.9. The van der Waals surface area contributed by atoms with Gasteiger partial charge in [-0.1, -0.05) is 63.2 Å². The monoisotopic (exact) mass is 623 g/mol. The Hall–Kier alpha value is -4.08. The molecule has 0 bridgehead atoms. The van der Waals surface area contributed by atoms with Gasteiger partial charge in [-0.25, -0.2) is 9.59 Å². The summed E-state index contributed by atoms with van der Waals surface area (Å²) in [5, 5.41) is 15.6. The highest BCUT2D eigenvalue weighted by atomic mass is 16.6. The number of esters is 1. The van der Waals surface area contributed by atoms with Crippen LogP contribution >= 0.6 is 0 Å². The maximum absolute atomic E-state index is 14.4. The molecular weight excluding hydrogens is 574 g/mol. The molecule has 0 spiro atoms. The number of rotatable bonds is 11. The Balaban J connectivity index is 2.05. The van der Waals surface area contributed by atoms with Gasteiger partial charge in [0.2, 0.25) is 11.8 Å². The Kier molecular flexibility index (Phi) is 11.3. The normalized spacial score (nSPS) is 18.3. The lowest BCUT2D eigenvalue weighted by molar-refractivity contribution is -0.159. The second-order valence-corrected chi connectivity index (χ2v) is 14.2. The summed E-state index contributed by atoms with van der Waals surface area (Å²) in [4.78, 5) is 56.6. The summed E-state index contributed by atoms with van der Waals surface area (Å²) in [6, 6.07) is 11.8. The Bertz CT molecular complexity index is 1330. The van der Waals surface area contributed by atoms with Gasteiger partial charge in [0.1, 0.15) is 35.1 Å². The number of benzene rings is 2. The van der Waals surface area contributed by atoms with Crippen LogP contribution in [0.3, 0.4) is 0 Å². The van der Waals surface area contributed by atoms with Crippen molar-refractivity contribution in [2.75, 3.05) is 0 Å². The molecule has 0 radical (unpaired) electrons. The van der Waals surface area contributed by atoms with E-state index in [-0.39, 0.29) is 30.0 Å². The quantitative estimate of drug-likeness (QED) is 0.290. The predicted octanol–water partition coefficient (Wildman–Crippen LogP) is 5.29. The topological polar surface area (TPSA) is 134 Å². The molecule has 1 aliphatic rings. The van der Waals surface area contributed by atoms with Crippen LogP contribution in [0.25, 0.3) is 0 Å². The van der Waals surface area contributed by atoms with Crippen molar-refractivity contribution in [2.45, 2.75) is 111 Å². The highest BCUT2D eigenvalue weighted by molar-refractivity contribution is 5.94. The van der Waals surface area contributed by atoms with Gasteiger partial charge in [0.25, 0.3) is 0 Å². The molecule has 0 aromatic heterocycles. The van der Waals surface area contributed by atoms with Gasteiger partial charge in [0, 0.05) is 12.5 Å². The molecule has 5 atom stereocenters. The molecule has 0 saturated heterocycles. The third-order valence-corrected chi connectivity index (χ3v) is 7.31. The zero-order valence-electron chi connectivity index (χ0n) is 27.9. The standard InChI is InChI=1S/C35H49N3O7/c1-21(2)28(37-33(43)45-35(7,8)9)31(41)38(27-19-22(27)3)29(24-15-17-25(39)18-16-24)30(40)36-26(32(42)44-34(4,5)6)20-23-13-11-10-12-14-23/h10-18,21-22,26-29,39H,19-20H2,1-9H3,(H,36,40)(H,37,43). The lowest BCUT2D eigenvalue weighted by atomic mass is 9.97. The molecule has 3 rings (SSSR count). The third kappa shape index (κ3) is 10.5. The van der Waals surface area contributed by atoms with Crippen molar-refractivity contribution in [2.24, 2.45) is 11.8 Å². The molecule has 2 aromatic rings. The molecule has 0 heterocycles. The molecular formula is C35H49N3O7. The van der Waals surface area contributed by atoms with Crippen molar-refractivity contribution >= 4 is 23.9 Å². The van der Waals surface area contributed by atoms with E-state index >= 15 is 0 Å². The van der Waals surface area contributed by atoms with Crippen LogP contribution in [0.2, 0.25) is 0 Å². The number of hydrogen-bond acceptors (Lipinski definition) is 7. The van der Waals surface area contributed by atoms with E-state index in [2.05, 4.69) is 10.6 Å². The molecule has 10 heteroatoms. The van der Waals surface area contributed by atoms with Crippen molar-refractivity contribution in [1.82, 2.24) is 15.5 Å². The third-order valence-electron chi connectivity index (χ3n) is 7.31. The first-order valence-electron chi connectivity index (χ1n) is 15.5. The highest BCUT2D eigenvalue weighted by Crippen LogP contribution is 2.41. The molecule has 246 valence electrons. The number of carbonyl (C=O) groups is 4. The summed E-state index contributed by atoms with van der Waals surface area (Å²) in [7, 11) is 0. The fraction of sp³-hybridized carbons (Fsp3) is 0.543. The van der Waals surface area contributed by atoms with Crippen molar-refractivity contribution < 1.29 is 33.8 Å². The summed E-state index contributed by atoms with van der Waals surface area (Å²) >= 11 is 0. The molecule has 1 fully saturated rings. The number of amides is 3. The second kappa shape index (κ2) is 14.3. The zero-order chi connectivity index (χ0) is 33.7. The maximum atomic E-state index is 14.4. The Morgan fingerprint density at radius 2 is 1.44 bits per heavy atom. The van der Waals surface area contributed by atoms with Crippen molar-refractivity contribution in [3.8, 4) is 5.75 Å².